The van der Waals surface area contributed by atoms with Gasteiger partial charge < -0.3 is 9.80 Å². The van der Waals surface area contributed by atoms with E-state index >= 15 is 0 Å². The molecule has 2 heterocycles. The molecule has 1 atom stereocenters. The van der Waals surface area contributed by atoms with Crippen molar-refractivity contribution in [2.45, 2.75) is 32.6 Å². The van der Waals surface area contributed by atoms with Gasteiger partial charge in [-0.3, -0.25) is 14.9 Å². The summed E-state index contributed by atoms with van der Waals surface area (Å²) >= 11 is 0. The van der Waals surface area contributed by atoms with Gasteiger partial charge in [0.2, 0.25) is 10.0 Å². The molecule has 1 N–H and O–H groups in total. The number of hydrogen-bond donors (Lipinski definition) is 1. The van der Waals surface area contributed by atoms with Crippen molar-refractivity contribution in [1.29, 1.82) is 0 Å². The molecule has 0 aromatic heterocycles. The van der Waals surface area contributed by atoms with E-state index in [0.717, 1.165) is 50.7 Å². The number of amides is 1. The molecule has 1 aromatic carbocycles. The molecule has 2 aliphatic heterocycles. The van der Waals surface area contributed by atoms with Gasteiger partial charge in [0.25, 0.3) is 11.6 Å². The van der Waals surface area contributed by atoms with E-state index in [9.17, 15) is 23.3 Å². The predicted octanol–water partition coefficient (Wildman–Crippen LogP) is 2.23. The minimum Gasteiger partial charge on any atom is -0.371 e. The van der Waals surface area contributed by atoms with Crippen molar-refractivity contribution in [3.05, 3.63) is 33.9 Å². The second-order valence-corrected chi connectivity index (χ2v) is 10.3. The molecule has 1 aromatic rings. The van der Waals surface area contributed by atoms with Crippen LogP contribution in [-0.2, 0) is 10.0 Å². The van der Waals surface area contributed by atoms with Crippen LogP contribution < -0.4 is 9.62 Å². The molecule has 2 fully saturated rings. The van der Waals surface area contributed by atoms with Crippen LogP contribution in [0.5, 0.6) is 0 Å². The van der Waals surface area contributed by atoms with Crippen molar-refractivity contribution in [3.63, 3.8) is 0 Å². The number of piperidine rings is 2. The summed E-state index contributed by atoms with van der Waals surface area (Å²) in [6.07, 6.45) is 4.76. The summed E-state index contributed by atoms with van der Waals surface area (Å²) in [5.74, 6) is 0.426. The van der Waals surface area contributed by atoms with Crippen molar-refractivity contribution < 1.29 is 18.1 Å². The fraction of sp³-hybridized carbons (Fsp3) is 0.650. The number of nitrogens with one attached hydrogen (secondary N) is 1. The number of likely N-dealkylation sites (tertiary alicyclic amines) is 1. The van der Waals surface area contributed by atoms with Gasteiger partial charge in [-0.15, -0.1) is 0 Å². The highest BCUT2D eigenvalue weighted by molar-refractivity contribution is 7.88. The lowest BCUT2D eigenvalue weighted by Gasteiger charge is -2.36. The molecular formula is C20H30N4O5S. The normalized spacial score (nSPS) is 20.9. The first kappa shape index (κ1) is 22.5. The number of rotatable bonds is 6. The molecule has 0 bridgehead atoms. The van der Waals surface area contributed by atoms with Gasteiger partial charge in [-0.2, -0.15) is 0 Å². The van der Waals surface area contributed by atoms with E-state index in [1.165, 1.54) is 12.1 Å². The van der Waals surface area contributed by atoms with E-state index in [1.54, 1.807) is 11.0 Å². The molecule has 166 valence electrons. The number of sulfonamides is 1. The Hall–Kier alpha value is -2.20. The summed E-state index contributed by atoms with van der Waals surface area (Å²) < 4.78 is 25.3. The van der Waals surface area contributed by atoms with Crippen molar-refractivity contribution in [3.8, 4) is 0 Å². The molecular weight excluding hydrogens is 408 g/mol. The smallest absolute Gasteiger partial charge is 0.270 e. The largest absolute Gasteiger partial charge is 0.371 e. The average molecular weight is 439 g/mol. The highest BCUT2D eigenvalue weighted by Crippen LogP contribution is 2.31. The molecule has 0 radical (unpaired) electrons. The fourth-order valence-corrected chi connectivity index (χ4v) is 4.73. The Labute approximate surface area is 177 Å². The third-order valence-electron chi connectivity index (χ3n) is 5.99. The molecule has 2 aliphatic rings. The highest BCUT2D eigenvalue weighted by Gasteiger charge is 2.29. The van der Waals surface area contributed by atoms with Gasteiger partial charge in [-0.05, 0) is 43.6 Å². The molecule has 0 aliphatic carbocycles. The SMILES string of the molecule is CC1CCN(c2ccc([N+](=O)[O-])cc2C(=O)N2CCCC(CNS(C)(=O)=O)C2)CC1. The molecule has 3 rings (SSSR count). The zero-order valence-corrected chi connectivity index (χ0v) is 18.4. The molecule has 10 heteroatoms. The van der Waals surface area contributed by atoms with Crippen LogP contribution in [0.15, 0.2) is 18.2 Å². The van der Waals surface area contributed by atoms with Gasteiger partial charge in [0.15, 0.2) is 0 Å². The lowest BCUT2D eigenvalue weighted by atomic mass is 9.96. The number of carbonyl (C=O) groups excluding carboxylic acids is 1. The Bertz CT molecular complexity index is 896. The Morgan fingerprint density at radius 3 is 2.57 bits per heavy atom. The summed E-state index contributed by atoms with van der Waals surface area (Å²) in [6, 6.07) is 4.53. The van der Waals surface area contributed by atoms with Gasteiger partial charge >= 0.3 is 0 Å². The van der Waals surface area contributed by atoms with Crippen molar-refractivity contribution in [2.24, 2.45) is 11.8 Å². The summed E-state index contributed by atoms with van der Waals surface area (Å²) in [4.78, 5) is 28.1. The van der Waals surface area contributed by atoms with Crippen LogP contribution in [0.1, 0.15) is 43.0 Å². The first-order chi connectivity index (χ1) is 14.1. The van der Waals surface area contributed by atoms with Crippen LogP contribution in [0.2, 0.25) is 0 Å². The van der Waals surface area contributed by atoms with Gasteiger partial charge in [-0.1, -0.05) is 6.92 Å². The molecule has 9 nitrogen and oxygen atoms in total. The fourth-order valence-electron chi connectivity index (χ4n) is 4.19. The standard InChI is InChI=1S/C20H30N4O5S/c1-15-7-10-22(11-8-15)19-6-5-17(24(26)27)12-18(19)20(25)23-9-3-4-16(14-23)13-21-30(2,28)29/h5-6,12,15-16,21H,3-4,7-11,13-14H2,1-2H3. The summed E-state index contributed by atoms with van der Waals surface area (Å²) in [6.45, 7) is 5.13. The van der Waals surface area contributed by atoms with Gasteiger partial charge in [0, 0.05) is 44.9 Å². The average Bonchev–Trinajstić information content (AvgIpc) is 2.71. The molecule has 0 saturated carbocycles. The van der Waals surface area contributed by atoms with Crippen LogP contribution in [0.25, 0.3) is 0 Å². The first-order valence-corrected chi connectivity index (χ1v) is 12.3. The number of nitrogens with zero attached hydrogens (tertiary/aromatic N) is 3. The van der Waals surface area contributed by atoms with E-state index in [4.69, 9.17) is 0 Å². The molecule has 30 heavy (non-hydrogen) atoms. The summed E-state index contributed by atoms with van der Waals surface area (Å²) in [7, 11) is -3.29. The minimum atomic E-state index is -3.29. The van der Waals surface area contributed by atoms with E-state index in [-0.39, 0.29) is 24.1 Å². The third-order valence-corrected chi connectivity index (χ3v) is 6.68. The number of non-ortho nitro benzene ring substituents is 1. The second kappa shape index (κ2) is 9.30. The zero-order valence-electron chi connectivity index (χ0n) is 17.5. The number of benzene rings is 1. The zero-order chi connectivity index (χ0) is 21.9. The van der Waals surface area contributed by atoms with E-state index in [1.807, 2.05) is 0 Å². The van der Waals surface area contributed by atoms with Crippen LogP contribution in [-0.4, -0.2) is 63.1 Å². The number of nitro benzene ring substituents is 1. The Balaban J connectivity index is 1.82. The Morgan fingerprint density at radius 2 is 1.93 bits per heavy atom. The van der Waals surface area contributed by atoms with Gasteiger partial charge in [0.05, 0.1) is 22.4 Å². The molecule has 2 saturated heterocycles. The van der Waals surface area contributed by atoms with Crippen molar-refractivity contribution in [2.75, 3.05) is 43.9 Å². The van der Waals surface area contributed by atoms with Crippen LogP contribution in [0.3, 0.4) is 0 Å². The van der Waals surface area contributed by atoms with Crippen LogP contribution in [0.4, 0.5) is 11.4 Å². The molecule has 1 amide bonds. The lowest BCUT2D eigenvalue weighted by molar-refractivity contribution is -0.384. The monoisotopic (exact) mass is 438 g/mol. The summed E-state index contributed by atoms with van der Waals surface area (Å²) in [5, 5.41) is 11.3. The summed E-state index contributed by atoms with van der Waals surface area (Å²) in [5.41, 5.74) is 1.00. The number of anilines is 1. The van der Waals surface area contributed by atoms with Crippen molar-refractivity contribution >= 4 is 27.3 Å². The second-order valence-electron chi connectivity index (χ2n) is 8.51. The minimum absolute atomic E-state index is 0.0235. The number of carbonyl (C=O) groups is 1. The lowest BCUT2D eigenvalue weighted by Crippen LogP contribution is -2.44. The number of hydrogen-bond acceptors (Lipinski definition) is 6. The maximum atomic E-state index is 13.4. The predicted molar refractivity (Wildman–Crippen MR) is 115 cm³/mol. The maximum Gasteiger partial charge on any atom is 0.270 e. The quantitative estimate of drug-likeness (QED) is 0.538. The Morgan fingerprint density at radius 1 is 1.23 bits per heavy atom. The van der Waals surface area contributed by atoms with Crippen molar-refractivity contribution in [1.82, 2.24) is 9.62 Å². The van der Waals surface area contributed by atoms with Crippen LogP contribution >= 0.6 is 0 Å². The van der Waals surface area contributed by atoms with E-state index in [2.05, 4.69) is 16.5 Å². The maximum absolute atomic E-state index is 13.4. The topological polar surface area (TPSA) is 113 Å². The highest BCUT2D eigenvalue weighted by atomic mass is 32.2. The van der Waals surface area contributed by atoms with Crippen LogP contribution in [0, 0.1) is 22.0 Å². The molecule has 1 unspecified atom stereocenters. The third kappa shape index (κ3) is 5.69. The molecule has 0 spiro atoms. The number of nitro groups is 1. The first-order valence-electron chi connectivity index (χ1n) is 10.4. The van der Waals surface area contributed by atoms with Gasteiger partial charge in [0.1, 0.15) is 0 Å². The Kier molecular flexibility index (Phi) is 6.97. The van der Waals surface area contributed by atoms with Gasteiger partial charge in [-0.25, -0.2) is 13.1 Å². The van der Waals surface area contributed by atoms with E-state index < -0.39 is 14.9 Å². The van der Waals surface area contributed by atoms with E-state index in [0.29, 0.717) is 24.6 Å².